The van der Waals surface area contributed by atoms with E-state index >= 15 is 0 Å². The highest BCUT2D eigenvalue weighted by molar-refractivity contribution is 5.94. The molecule has 8 rings (SSSR count). The highest BCUT2D eigenvalue weighted by Gasteiger charge is 2.50. The van der Waals surface area contributed by atoms with Crippen molar-refractivity contribution in [1.82, 2.24) is 10.6 Å². The first-order chi connectivity index (χ1) is 42.0. The minimum Gasteiger partial charge on any atom is -0.374 e. The molecular weight excluding hydrogens is 1060 g/mol. The van der Waals surface area contributed by atoms with Gasteiger partial charge in [-0.3, -0.25) is 9.59 Å². The van der Waals surface area contributed by atoms with Gasteiger partial charge in [-0.2, -0.15) is 0 Å². The molecule has 2 unspecified atom stereocenters. The van der Waals surface area contributed by atoms with Crippen molar-refractivity contribution >= 4 is 11.8 Å². The van der Waals surface area contributed by atoms with E-state index in [2.05, 4.69) is 29.7 Å². The molecular formula is C73H88N2O10. The van der Waals surface area contributed by atoms with Crippen molar-refractivity contribution in [2.45, 2.75) is 166 Å². The van der Waals surface area contributed by atoms with E-state index in [1.54, 1.807) is 0 Å². The summed E-state index contributed by atoms with van der Waals surface area (Å²) in [5.41, 5.74) is 6.70. The third kappa shape index (κ3) is 22.8. The summed E-state index contributed by atoms with van der Waals surface area (Å²) in [5, 5.41) is 6.46. The van der Waals surface area contributed by atoms with Crippen LogP contribution < -0.4 is 10.6 Å². The molecule has 7 aromatic rings. The second kappa shape index (κ2) is 37.6. The lowest BCUT2D eigenvalue weighted by atomic mass is 9.97. The Morgan fingerprint density at radius 1 is 0.447 bits per heavy atom. The number of ether oxygens (including phenoxy) is 8. The predicted octanol–water partition coefficient (Wildman–Crippen LogP) is 14.1. The molecule has 1 heterocycles. The number of hydrogen-bond acceptors (Lipinski definition) is 10. The number of benzene rings is 7. The molecule has 8 atom stereocenters. The fourth-order valence-corrected chi connectivity index (χ4v) is 10.6. The van der Waals surface area contributed by atoms with E-state index in [1.165, 1.54) is 0 Å². The van der Waals surface area contributed by atoms with Gasteiger partial charge in [-0.25, -0.2) is 0 Å². The van der Waals surface area contributed by atoms with E-state index in [1.807, 2.05) is 200 Å². The SMILES string of the molecule is CC[C@@H](OCc1ccccc1)[C@@H](OCc1ccccc1)[C@H](CO[C@H]1OC(COCc2ccccc2)[C@H](OCc2ccccc2)[C@H](OCc2ccccc2)C1OCc1ccccc1)NC(=O)CCCCCCCCCCCNC(=O)c1ccccc1. The van der Waals surface area contributed by atoms with Crippen molar-refractivity contribution < 1.29 is 47.5 Å². The Hall–Kier alpha value is -6.84. The molecule has 1 saturated heterocycles. The average molecular weight is 1150 g/mol. The van der Waals surface area contributed by atoms with Gasteiger partial charge in [0.15, 0.2) is 6.29 Å². The maximum absolute atomic E-state index is 14.5. The summed E-state index contributed by atoms with van der Waals surface area (Å²) >= 11 is 0. The molecule has 2 N–H and O–H groups in total. The molecule has 1 fully saturated rings. The maximum atomic E-state index is 14.5. The fraction of sp³-hybridized carbons (Fsp3) is 0.397. The zero-order valence-corrected chi connectivity index (χ0v) is 49.6. The van der Waals surface area contributed by atoms with Crippen LogP contribution >= 0.6 is 0 Å². The highest BCUT2D eigenvalue weighted by atomic mass is 16.7. The first-order valence-electron chi connectivity index (χ1n) is 30.8. The van der Waals surface area contributed by atoms with E-state index in [9.17, 15) is 9.59 Å². The summed E-state index contributed by atoms with van der Waals surface area (Å²) in [6.07, 6.45) is 5.25. The lowest BCUT2D eigenvalue weighted by Crippen LogP contribution is -2.62. The van der Waals surface area contributed by atoms with E-state index in [0.29, 0.717) is 44.8 Å². The number of nitrogens with one attached hydrogen (secondary N) is 2. The molecule has 0 aliphatic carbocycles. The first-order valence-corrected chi connectivity index (χ1v) is 30.8. The summed E-state index contributed by atoms with van der Waals surface area (Å²) < 4.78 is 55.6. The summed E-state index contributed by atoms with van der Waals surface area (Å²) in [5.74, 6) is -0.112. The molecule has 1 aliphatic rings. The molecule has 450 valence electrons. The van der Waals surface area contributed by atoms with Gasteiger partial charge in [-0.1, -0.05) is 252 Å². The van der Waals surface area contributed by atoms with Gasteiger partial charge >= 0.3 is 0 Å². The van der Waals surface area contributed by atoms with Crippen molar-refractivity contribution in [3.05, 3.63) is 251 Å². The van der Waals surface area contributed by atoms with E-state index in [-0.39, 0.29) is 44.8 Å². The van der Waals surface area contributed by atoms with Crippen molar-refractivity contribution in [2.24, 2.45) is 0 Å². The Balaban J connectivity index is 1.01. The lowest BCUT2D eigenvalue weighted by Gasteiger charge is -2.46. The smallest absolute Gasteiger partial charge is 0.251 e. The van der Waals surface area contributed by atoms with Gasteiger partial charge in [0.25, 0.3) is 5.91 Å². The van der Waals surface area contributed by atoms with Crippen LogP contribution in [0.4, 0.5) is 0 Å². The number of unbranched alkanes of at least 4 members (excludes halogenated alkanes) is 8. The topological polar surface area (TPSA) is 132 Å². The van der Waals surface area contributed by atoms with Gasteiger partial charge in [0.1, 0.15) is 30.5 Å². The molecule has 85 heavy (non-hydrogen) atoms. The second-order valence-corrected chi connectivity index (χ2v) is 21.9. The summed E-state index contributed by atoms with van der Waals surface area (Å²) in [6.45, 7) is 4.73. The molecule has 7 aromatic carbocycles. The monoisotopic (exact) mass is 1150 g/mol. The molecule has 0 spiro atoms. The number of carbonyl (C=O) groups is 2. The first kappa shape index (κ1) is 64.2. The van der Waals surface area contributed by atoms with Crippen molar-refractivity contribution in [3.63, 3.8) is 0 Å². The van der Waals surface area contributed by atoms with Gasteiger partial charge in [0.2, 0.25) is 5.91 Å². The third-order valence-corrected chi connectivity index (χ3v) is 15.3. The molecule has 0 radical (unpaired) electrons. The second-order valence-electron chi connectivity index (χ2n) is 21.9. The van der Waals surface area contributed by atoms with Gasteiger partial charge in [-0.05, 0) is 64.8 Å². The predicted molar refractivity (Wildman–Crippen MR) is 333 cm³/mol. The summed E-state index contributed by atoms with van der Waals surface area (Å²) in [7, 11) is 0. The Labute approximate surface area is 504 Å². The van der Waals surface area contributed by atoms with Crippen molar-refractivity contribution in [1.29, 1.82) is 0 Å². The number of amides is 2. The molecule has 0 saturated carbocycles. The van der Waals surface area contributed by atoms with Crippen LogP contribution in [0.3, 0.4) is 0 Å². The molecule has 0 bridgehead atoms. The van der Waals surface area contributed by atoms with Crippen LogP contribution in [0.25, 0.3) is 0 Å². The average Bonchev–Trinajstić information content (AvgIpc) is 3.33. The van der Waals surface area contributed by atoms with Crippen molar-refractivity contribution in [3.8, 4) is 0 Å². The van der Waals surface area contributed by atoms with Gasteiger partial charge in [0.05, 0.1) is 65.0 Å². The zero-order chi connectivity index (χ0) is 58.8. The number of carbonyl (C=O) groups excluding carboxylic acids is 2. The Kier molecular flexibility index (Phi) is 28.4. The zero-order valence-electron chi connectivity index (χ0n) is 49.6. The molecule has 1 aliphatic heterocycles. The normalized spacial score (nSPS) is 17.8. The van der Waals surface area contributed by atoms with Crippen LogP contribution in [0.1, 0.15) is 121 Å². The van der Waals surface area contributed by atoms with Crippen LogP contribution in [0.5, 0.6) is 0 Å². The van der Waals surface area contributed by atoms with Gasteiger partial charge in [0, 0.05) is 18.5 Å². The fourth-order valence-electron chi connectivity index (χ4n) is 10.6. The van der Waals surface area contributed by atoms with Crippen LogP contribution in [-0.2, 0) is 82.3 Å². The van der Waals surface area contributed by atoms with Gasteiger partial charge < -0.3 is 48.5 Å². The standard InChI is InChI=1S/C73H88N2O10/c1-2-65(79-50-58-35-19-11-20-36-58)68(80-51-59-37-21-12-22-38-59)64(75-67(76)47-31-8-6-4-3-5-7-9-32-48-74-72(77)63-45-29-16-30-46-63)55-84-73-71(83-54-62-43-27-15-28-44-62)70(82-53-61-41-25-14-26-42-61)69(81-52-60-39-23-13-24-40-60)66(85-73)56-78-49-57-33-17-10-18-34-57/h10-30,33-46,64-66,68-71,73H,2-9,31-32,47-56H2,1H3,(H,74,77)(H,75,76)/t64-,65+,66?,68-,69-,70-,71?,73-/m0/s1. The van der Waals surface area contributed by atoms with Crippen molar-refractivity contribution in [2.75, 3.05) is 19.8 Å². The highest BCUT2D eigenvalue weighted by Crippen LogP contribution is 2.33. The quantitative estimate of drug-likeness (QED) is 0.0359. The Morgan fingerprint density at radius 2 is 0.859 bits per heavy atom. The summed E-state index contributed by atoms with van der Waals surface area (Å²) in [6, 6.07) is 69.1. The minimum atomic E-state index is -1.02. The molecule has 12 heteroatoms. The van der Waals surface area contributed by atoms with E-state index in [0.717, 1.165) is 91.2 Å². The van der Waals surface area contributed by atoms with Crippen LogP contribution in [0.15, 0.2) is 212 Å². The van der Waals surface area contributed by atoms with E-state index < -0.39 is 49.0 Å². The van der Waals surface area contributed by atoms with Gasteiger partial charge in [-0.15, -0.1) is 0 Å². The molecule has 0 aromatic heterocycles. The lowest BCUT2D eigenvalue weighted by molar-refractivity contribution is -0.330. The molecule has 2 amide bonds. The largest absolute Gasteiger partial charge is 0.374 e. The van der Waals surface area contributed by atoms with E-state index in [4.69, 9.17) is 37.9 Å². The Morgan fingerprint density at radius 3 is 1.35 bits per heavy atom. The van der Waals surface area contributed by atoms with Crippen LogP contribution in [0.2, 0.25) is 0 Å². The number of rotatable bonds is 39. The van der Waals surface area contributed by atoms with Crippen LogP contribution in [0, 0.1) is 0 Å². The minimum absolute atomic E-state index is 0.00973. The third-order valence-electron chi connectivity index (χ3n) is 15.3. The molecule has 12 nitrogen and oxygen atoms in total. The number of hydrogen-bond donors (Lipinski definition) is 2. The summed E-state index contributed by atoms with van der Waals surface area (Å²) in [4.78, 5) is 26.9. The van der Waals surface area contributed by atoms with Crippen LogP contribution in [-0.4, -0.2) is 80.5 Å². The Bertz CT molecular complexity index is 2860. The maximum Gasteiger partial charge on any atom is 0.251 e.